The smallest absolute Gasteiger partial charge is 0.351 e. The van der Waals surface area contributed by atoms with E-state index >= 15 is 0 Å². The third-order valence-corrected chi connectivity index (χ3v) is 1.73. The van der Waals surface area contributed by atoms with Crippen molar-refractivity contribution >= 4 is 11.9 Å². The maximum absolute atomic E-state index is 11.7. The van der Waals surface area contributed by atoms with Crippen LogP contribution in [0.3, 0.4) is 0 Å². The third-order valence-electron chi connectivity index (χ3n) is 1.73. The molecule has 1 atom stereocenters. The number of rotatable bonds is 5. The van der Waals surface area contributed by atoms with Crippen LogP contribution in [0, 0.1) is 0 Å². The molecule has 0 aliphatic heterocycles. The van der Waals surface area contributed by atoms with Gasteiger partial charge >= 0.3 is 12.2 Å². The molecule has 0 spiro atoms. The summed E-state index contributed by atoms with van der Waals surface area (Å²) in [6, 6.07) is -1.75. The summed E-state index contributed by atoms with van der Waals surface area (Å²) in [6.07, 6.45) is -5.23. The zero-order valence-electron chi connectivity index (χ0n) is 8.73. The second-order valence-corrected chi connectivity index (χ2v) is 3.25. The number of amides is 3. The zero-order chi connectivity index (χ0) is 12.8. The van der Waals surface area contributed by atoms with E-state index < -0.39 is 30.6 Å². The molecule has 0 aromatic carbocycles. The lowest BCUT2D eigenvalue weighted by Gasteiger charge is -2.12. The summed E-state index contributed by atoms with van der Waals surface area (Å²) in [7, 11) is 0. The van der Waals surface area contributed by atoms with Crippen LogP contribution in [0.4, 0.5) is 18.0 Å². The van der Waals surface area contributed by atoms with Crippen molar-refractivity contribution in [2.24, 2.45) is 5.73 Å². The van der Waals surface area contributed by atoms with Gasteiger partial charge in [0.15, 0.2) is 0 Å². The van der Waals surface area contributed by atoms with Gasteiger partial charge in [-0.15, -0.1) is 0 Å². The first-order valence-electron chi connectivity index (χ1n) is 4.63. The highest BCUT2D eigenvalue weighted by atomic mass is 19.4. The molecule has 5 nitrogen and oxygen atoms in total. The molecule has 0 bridgehead atoms. The van der Waals surface area contributed by atoms with Crippen LogP contribution in [0.15, 0.2) is 0 Å². The van der Waals surface area contributed by atoms with Gasteiger partial charge in [0.1, 0.15) is 0 Å². The number of nitrogens with one attached hydrogen (secondary N) is 2. The fourth-order valence-electron chi connectivity index (χ4n) is 0.930. The fourth-order valence-corrected chi connectivity index (χ4v) is 0.930. The highest BCUT2D eigenvalue weighted by molar-refractivity contribution is 5.96. The number of carbonyl (C=O) groups excluding carboxylic acids is 2. The summed E-state index contributed by atoms with van der Waals surface area (Å²) in [6.45, 7) is 1.46. The fraction of sp³-hybridized carbons (Fsp3) is 0.750. The van der Waals surface area contributed by atoms with Gasteiger partial charge in [-0.1, -0.05) is 0 Å². The van der Waals surface area contributed by atoms with Gasteiger partial charge in [0.25, 0.3) is 0 Å². The summed E-state index contributed by atoms with van der Waals surface area (Å²) in [5.41, 5.74) is 4.70. The maximum Gasteiger partial charge on any atom is 0.389 e. The van der Waals surface area contributed by atoms with Gasteiger partial charge in [0.2, 0.25) is 5.91 Å². The Morgan fingerprint density at radius 1 is 1.38 bits per heavy atom. The Balaban J connectivity index is 3.69. The van der Waals surface area contributed by atoms with E-state index in [-0.39, 0.29) is 13.0 Å². The molecule has 0 aromatic heterocycles. The number of primary amides is 1. The van der Waals surface area contributed by atoms with Crippen LogP contribution in [0.1, 0.15) is 19.8 Å². The second kappa shape index (κ2) is 6.31. The lowest BCUT2D eigenvalue weighted by molar-refractivity contribution is -0.135. The van der Waals surface area contributed by atoms with E-state index in [0.29, 0.717) is 0 Å². The topological polar surface area (TPSA) is 84.2 Å². The first-order valence-corrected chi connectivity index (χ1v) is 4.63. The number of hydrogen-bond donors (Lipinski definition) is 3. The molecule has 0 aliphatic rings. The SMILES string of the molecule is CC(NCCCC(F)(F)F)C(=O)NC(N)=O. The van der Waals surface area contributed by atoms with Crippen molar-refractivity contribution in [2.45, 2.75) is 32.0 Å². The van der Waals surface area contributed by atoms with Crippen molar-refractivity contribution in [1.29, 1.82) is 0 Å². The van der Waals surface area contributed by atoms with Gasteiger partial charge < -0.3 is 11.1 Å². The standard InChI is InChI=1S/C8H14F3N3O2/c1-5(6(15)14-7(12)16)13-4-2-3-8(9,10)11/h5,13H,2-4H2,1H3,(H3,12,14,15,16). The van der Waals surface area contributed by atoms with E-state index in [1.54, 1.807) is 0 Å². The molecule has 0 saturated heterocycles. The minimum Gasteiger partial charge on any atom is -0.351 e. The van der Waals surface area contributed by atoms with Crippen molar-refractivity contribution in [1.82, 2.24) is 10.6 Å². The van der Waals surface area contributed by atoms with Crippen molar-refractivity contribution in [3.8, 4) is 0 Å². The molecule has 0 rings (SSSR count). The summed E-state index contributed by atoms with van der Waals surface area (Å²) in [5, 5.41) is 4.36. The van der Waals surface area contributed by atoms with Crippen LogP contribution in [-0.4, -0.2) is 30.7 Å². The minimum absolute atomic E-state index is 0.0346. The van der Waals surface area contributed by atoms with Crippen molar-refractivity contribution in [3.05, 3.63) is 0 Å². The van der Waals surface area contributed by atoms with Crippen molar-refractivity contribution < 1.29 is 22.8 Å². The van der Waals surface area contributed by atoms with Gasteiger partial charge in [-0.05, 0) is 19.9 Å². The van der Waals surface area contributed by atoms with Crippen molar-refractivity contribution in [2.75, 3.05) is 6.54 Å². The molecule has 0 aliphatic carbocycles. The number of halogens is 3. The zero-order valence-corrected chi connectivity index (χ0v) is 8.73. The number of nitrogens with two attached hydrogens (primary N) is 1. The van der Waals surface area contributed by atoms with E-state index in [1.165, 1.54) is 6.92 Å². The lowest BCUT2D eigenvalue weighted by atomic mass is 10.2. The molecule has 94 valence electrons. The van der Waals surface area contributed by atoms with E-state index in [1.807, 2.05) is 5.32 Å². The first kappa shape index (κ1) is 14.7. The van der Waals surface area contributed by atoms with Crippen LogP contribution < -0.4 is 16.4 Å². The van der Waals surface area contributed by atoms with E-state index in [0.717, 1.165) is 0 Å². The minimum atomic E-state index is -4.19. The quantitative estimate of drug-likeness (QED) is 0.613. The van der Waals surface area contributed by atoms with Gasteiger partial charge in [-0.3, -0.25) is 10.1 Å². The Morgan fingerprint density at radius 2 is 1.94 bits per heavy atom. The number of hydrogen-bond acceptors (Lipinski definition) is 3. The van der Waals surface area contributed by atoms with Gasteiger partial charge in [0, 0.05) is 6.42 Å². The molecular weight excluding hydrogens is 227 g/mol. The van der Waals surface area contributed by atoms with E-state index in [2.05, 4.69) is 5.32 Å². The molecule has 0 saturated carbocycles. The number of urea groups is 1. The first-order chi connectivity index (χ1) is 7.22. The van der Waals surface area contributed by atoms with E-state index in [9.17, 15) is 22.8 Å². The van der Waals surface area contributed by atoms with Gasteiger partial charge in [0.05, 0.1) is 6.04 Å². The molecule has 0 aromatic rings. The average Bonchev–Trinajstić information content (AvgIpc) is 2.09. The molecular formula is C8H14F3N3O2. The third kappa shape index (κ3) is 8.04. The molecule has 0 heterocycles. The largest absolute Gasteiger partial charge is 0.389 e. The monoisotopic (exact) mass is 241 g/mol. The predicted molar refractivity (Wildman–Crippen MR) is 50.5 cm³/mol. The molecule has 1 unspecified atom stereocenters. The predicted octanol–water partition coefficient (Wildman–Crippen LogP) is 0.502. The molecule has 16 heavy (non-hydrogen) atoms. The van der Waals surface area contributed by atoms with Crippen LogP contribution >= 0.6 is 0 Å². The highest BCUT2D eigenvalue weighted by Crippen LogP contribution is 2.20. The number of imide groups is 1. The Kier molecular flexibility index (Phi) is 5.79. The molecule has 0 radical (unpaired) electrons. The van der Waals surface area contributed by atoms with Crippen LogP contribution in [0.2, 0.25) is 0 Å². The Hall–Kier alpha value is -1.31. The Labute approximate surface area is 90.6 Å². The summed E-state index contributed by atoms with van der Waals surface area (Å²) in [4.78, 5) is 21.3. The Bertz CT molecular complexity index is 255. The number of carbonyl (C=O) groups is 2. The Morgan fingerprint density at radius 3 is 2.38 bits per heavy atom. The average molecular weight is 241 g/mol. The van der Waals surface area contributed by atoms with Crippen LogP contribution in [0.5, 0.6) is 0 Å². The highest BCUT2D eigenvalue weighted by Gasteiger charge is 2.26. The van der Waals surface area contributed by atoms with Gasteiger partial charge in [-0.2, -0.15) is 13.2 Å². The summed E-state index contributed by atoms with van der Waals surface area (Å²) < 4.78 is 35.2. The van der Waals surface area contributed by atoms with E-state index in [4.69, 9.17) is 5.73 Å². The molecule has 8 heteroatoms. The lowest BCUT2D eigenvalue weighted by Crippen LogP contribution is -2.46. The molecule has 0 fully saturated rings. The maximum atomic E-state index is 11.7. The van der Waals surface area contributed by atoms with Crippen LogP contribution in [0.25, 0.3) is 0 Å². The molecule has 4 N–H and O–H groups in total. The normalized spacial score (nSPS) is 13.2. The van der Waals surface area contributed by atoms with Crippen LogP contribution in [-0.2, 0) is 4.79 Å². The summed E-state index contributed by atoms with van der Waals surface area (Å²) in [5.74, 6) is -0.667. The second-order valence-electron chi connectivity index (χ2n) is 3.25. The van der Waals surface area contributed by atoms with Gasteiger partial charge in [-0.25, -0.2) is 4.79 Å². The van der Waals surface area contributed by atoms with Crippen molar-refractivity contribution in [3.63, 3.8) is 0 Å². The number of alkyl halides is 3. The summed E-state index contributed by atoms with van der Waals surface area (Å²) >= 11 is 0. The molecule has 3 amide bonds.